The van der Waals surface area contributed by atoms with Gasteiger partial charge in [-0.3, -0.25) is 0 Å². The van der Waals surface area contributed by atoms with Gasteiger partial charge in [-0.1, -0.05) is 43.7 Å². The van der Waals surface area contributed by atoms with Gasteiger partial charge in [-0.15, -0.1) is 0 Å². The quantitative estimate of drug-likeness (QED) is 0.780. The van der Waals surface area contributed by atoms with Gasteiger partial charge < -0.3 is 15.2 Å². The topological polar surface area (TPSA) is 84.3 Å². The first kappa shape index (κ1) is 15.8. The van der Waals surface area contributed by atoms with Crippen molar-refractivity contribution in [3.8, 4) is 5.88 Å². The summed E-state index contributed by atoms with van der Waals surface area (Å²) in [7, 11) is 0. The van der Waals surface area contributed by atoms with Gasteiger partial charge in [-0.2, -0.15) is 4.98 Å². The van der Waals surface area contributed by atoms with Crippen molar-refractivity contribution in [2.45, 2.75) is 32.4 Å². The molecule has 0 saturated carbocycles. The number of carboxylic acids is 1. The van der Waals surface area contributed by atoms with E-state index >= 15 is 0 Å². The molecule has 2 N–H and O–H groups in total. The molecule has 22 heavy (non-hydrogen) atoms. The zero-order valence-electron chi connectivity index (χ0n) is 12.4. The van der Waals surface area contributed by atoms with Crippen LogP contribution in [0.15, 0.2) is 42.6 Å². The van der Waals surface area contributed by atoms with E-state index in [-0.39, 0.29) is 5.95 Å². The molecule has 2 aromatic rings. The highest BCUT2D eigenvalue weighted by Gasteiger charge is 2.17. The van der Waals surface area contributed by atoms with Gasteiger partial charge in [-0.25, -0.2) is 9.78 Å². The third kappa shape index (κ3) is 4.73. The smallest absolute Gasteiger partial charge is 0.326 e. The standard InChI is InChI=1S/C16H19N3O3/c1-2-6-13(15(20)21)18-16-17-10-9-14(19-16)22-11-12-7-4-3-5-8-12/h3-5,7-10,13H,2,6,11H2,1H3,(H,20,21)(H,17,18,19). The molecule has 2 rings (SSSR count). The number of hydrogen-bond acceptors (Lipinski definition) is 5. The highest BCUT2D eigenvalue weighted by Crippen LogP contribution is 2.13. The molecule has 6 heteroatoms. The van der Waals surface area contributed by atoms with Crippen LogP contribution in [0.3, 0.4) is 0 Å². The van der Waals surface area contributed by atoms with Crippen LogP contribution in [0.25, 0.3) is 0 Å². The Morgan fingerprint density at radius 3 is 2.77 bits per heavy atom. The lowest BCUT2D eigenvalue weighted by molar-refractivity contribution is -0.138. The van der Waals surface area contributed by atoms with Crippen molar-refractivity contribution in [3.63, 3.8) is 0 Å². The molecule has 1 aromatic carbocycles. The van der Waals surface area contributed by atoms with Crippen LogP contribution in [0.5, 0.6) is 5.88 Å². The number of carboxylic acid groups (broad SMARTS) is 1. The van der Waals surface area contributed by atoms with Gasteiger partial charge in [0.25, 0.3) is 0 Å². The van der Waals surface area contributed by atoms with E-state index in [1.165, 1.54) is 0 Å². The molecule has 1 heterocycles. The molecule has 6 nitrogen and oxygen atoms in total. The molecule has 0 radical (unpaired) electrons. The summed E-state index contributed by atoms with van der Waals surface area (Å²) in [6.45, 7) is 2.33. The maximum Gasteiger partial charge on any atom is 0.326 e. The second-order valence-corrected chi connectivity index (χ2v) is 4.82. The fraction of sp³-hybridized carbons (Fsp3) is 0.312. The van der Waals surface area contributed by atoms with Crippen LogP contribution in [0.2, 0.25) is 0 Å². The first-order chi connectivity index (χ1) is 10.7. The van der Waals surface area contributed by atoms with E-state index in [1.807, 2.05) is 37.3 Å². The van der Waals surface area contributed by atoms with E-state index in [0.717, 1.165) is 12.0 Å². The summed E-state index contributed by atoms with van der Waals surface area (Å²) in [5.74, 6) is -0.255. The van der Waals surface area contributed by atoms with Crippen LogP contribution in [0.1, 0.15) is 25.3 Å². The predicted octanol–water partition coefficient (Wildman–Crippen LogP) is 2.72. The average molecular weight is 301 g/mol. The summed E-state index contributed by atoms with van der Waals surface area (Å²) in [6, 6.07) is 10.7. The first-order valence-electron chi connectivity index (χ1n) is 7.18. The number of aliphatic carboxylic acids is 1. The molecule has 0 bridgehead atoms. The molecule has 0 saturated heterocycles. The van der Waals surface area contributed by atoms with Crippen molar-refractivity contribution in [1.82, 2.24) is 9.97 Å². The Bertz CT molecular complexity index is 605. The highest BCUT2D eigenvalue weighted by atomic mass is 16.5. The predicted molar refractivity (Wildman–Crippen MR) is 82.8 cm³/mol. The number of anilines is 1. The molecule has 1 atom stereocenters. The lowest BCUT2D eigenvalue weighted by Gasteiger charge is -2.13. The number of benzene rings is 1. The zero-order chi connectivity index (χ0) is 15.8. The van der Waals surface area contributed by atoms with Crippen molar-refractivity contribution < 1.29 is 14.6 Å². The maximum absolute atomic E-state index is 11.1. The summed E-state index contributed by atoms with van der Waals surface area (Å²) in [5, 5.41) is 12.0. The van der Waals surface area contributed by atoms with Crippen LogP contribution in [-0.4, -0.2) is 27.1 Å². The number of nitrogens with zero attached hydrogens (tertiary/aromatic N) is 2. The fourth-order valence-electron chi connectivity index (χ4n) is 1.93. The van der Waals surface area contributed by atoms with E-state index < -0.39 is 12.0 Å². The third-order valence-electron chi connectivity index (χ3n) is 3.04. The number of rotatable bonds is 8. The second-order valence-electron chi connectivity index (χ2n) is 4.82. The normalized spacial score (nSPS) is 11.7. The number of ether oxygens (including phenoxy) is 1. The lowest BCUT2D eigenvalue weighted by atomic mass is 10.2. The third-order valence-corrected chi connectivity index (χ3v) is 3.04. The van der Waals surface area contributed by atoms with Gasteiger partial charge in [0.2, 0.25) is 11.8 Å². The van der Waals surface area contributed by atoms with E-state index in [0.29, 0.717) is 18.9 Å². The van der Waals surface area contributed by atoms with Crippen molar-refractivity contribution in [2.24, 2.45) is 0 Å². The van der Waals surface area contributed by atoms with Crippen LogP contribution in [0.4, 0.5) is 5.95 Å². The maximum atomic E-state index is 11.1. The van der Waals surface area contributed by atoms with Crippen LogP contribution in [0, 0.1) is 0 Å². The largest absolute Gasteiger partial charge is 0.480 e. The number of carbonyl (C=O) groups is 1. The van der Waals surface area contributed by atoms with Gasteiger partial charge >= 0.3 is 5.97 Å². The Morgan fingerprint density at radius 1 is 1.32 bits per heavy atom. The summed E-state index contributed by atoms with van der Waals surface area (Å²) in [4.78, 5) is 19.4. The van der Waals surface area contributed by atoms with Crippen LogP contribution >= 0.6 is 0 Å². The van der Waals surface area contributed by atoms with Crippen molar-refractivity contribution in [1.29, 1.82) is 0 Å². The molecule has 116 valence electrons. The number of hydrogen-bond donors (Lipinski definition) is 2. The fourth-order valence-corrected chi connectivity index (χ4v) is 1.93. The van der Waals surface area contributed by atoms with Crippen LogP contribution in [-0.2, 0) is 11.4 Å². The first-order valence-corrected chi connectivity index (χ1v) is 7.18. The molecule has 0 fully saturated rings. The minimum Gasteiger partial charge on any atom is -0.480 e. The van der Waals surface area contributed by atoms with E-state index in [4.69, 9.17) is 9.84 Å². The summed E-state index contributed by atoms with van der Waals surface area (Å²) in [5.41, 5.74) is 1.03. The second kappa shape index (κ2) is 7.97. The minimum atomic E-state index is -0.916. The molecular formula is C16H19N3O3. The highest BCUT2D eigenvalue weighted by molar-refractivity contribution is 5.76. The molecular weight excluding hydrogens is 282 g/mol. The van der Waals surface area contributed by atoms with Gasteiger partial charge in [0, 0.05) is 12.3 Å². The Labute approximate surface area is 129 Å². The van der Waals surface area contributed by atoms with Crippen molar-refractivity contribution in [2.75, 3.05) is 5.32 Å². The molecule has 1 aromatic heterocycles. The molecule has 0 spiro atoms. The lowest BCUT2D eigenvalue weighted by Crippen LogP contribution is -2.29. The van der Waals surface area contributed by atoms with Gasteiger partial charge in [0.1, 0.15) is 12.6 Å². The Morgan fingerprint density at radius 2 is 2.09 bits per heavy atom. The summed E-state index contributed by atoms with van der Waals surface area (Å²) in [6.07, 6.45) is 2.81. The monoisotopic (exact) mass is 301 g/mol. The van der Waals surface area contributed by atoms with Gasteiger partial charge in [0.15, 0.2) is 0 Å². The SMILES string of the molecule is CCCC(Nc1nccc(OCc2ccccc2)n1)C(=O)O. The van der Waals surface area contributed by atoms with Crippen molar-refractivity contribution >= 4 is 11.9 Å². The van der Waals surface area contributed by atoms with Gasteiger partial charge in [-0.05, 0) is 12.0 Å². The molecule has 0 aliphatic carbocycles. The Kier molecular flexibility index (Phi) is 5.71. The van der Waals surface area contributed by atoms with Crippen molar-refractivity contribution in [3.05, 3.63) is 48.2 Å². The average Bonchev–Trinajstić information content (AvgIpc) is 2.54. The molecule has 1 unspecified atom stereocenters. The molecule has 0 aliphatic heterocycles. The minimum absolute atomic E-state index is 0.256. The Hall–Kier alpha value is -2.63. The molecule has 0 amide bonds. The van der Waals surface area contributed by atoms with E-state index in [9.17, 15) is 4.79 Å². The molecule has 0 aliphatic rings. The summed E-state index contributed by atoms with van der Waals surface area (Å²) >= 11 is 0. The number of nitrogens with one attached hydrogen (secondary N) is 1. The van der Waals surface area contributed by atoms with E-state index in [1.54, 1.807) is 12.3 Å². The van der Waals surface area contributed by atoms with Crippen LogP contribution < -0.4 is 10.1 Å². The van der Waals surface area contributed by atoms with Gasteiger partial charge in [0.05, 0.1) is 0 Å². The van der Waals surface area contributed by atoms with E-state index in [2.05, 4.69) is 15.3 Å². The Balaban J connectivity index is 1.98. The summed E-state index contributed by atoms with van der Waals surface area (Å²) < 4.78 is 5.60. The zero-order valence-corrected chi connectivity index (χ0v) is 12.4. The number of aromatic nitrogens is 2.